The van der Waals surface area contributed by atoms with Gasteiger partial charge in [0.15, 0.2) is 6.29 Å². The maximum Gasteiger partial charge on any atom is 0.310 e. The van der Waals surface area contributed by atoms with Crippen LogP contribution in [0.4, 0.5) is 0 Å². The number of ether oxygens (including phenoxy) is 2. The van der Waals surface area contributed by atoms with Crippen molar-refractivity contribution in [2.75, 3.05) is 26.4 Å². The molecule has 3 heterocycles. The second kappa shape index (κ2) is 17.1. The number of allylic oxidation sites excluding steroid dienone is 2. The zero-order chi connectivity index (χ0) is 48.5. The molecule has 6 saturated carbocycles. The number of H-pyrrole nitrogens is 1. The minimum absolute atomic E-state index is 0.0138. The van der Waals surface area contributed by atoms with E-state index in [0.29, 0.717) is 51.5 Å². The van der Waals surface area contributed by atoms with Crippen LogP contribution >= 0.6 is 0 Å². The number of aliphatic hydroxyl groups is 6. The standard InChI is InChI=1S/C53H82N4O11/c1-46(27-58)18-19-51(45(65)66)20-21-52-14-8-15-53(17-10-31(52)34(51)24-46)48(52,3)16-11-37-47(2,28-59)42(68-43-41(63)40(62)36(60)26-67-43)39(61)33(49(37,53)4)23-32-38(57-44(64)50(32)12-5-6-13-50)30(9-7-22-54)35-25-55-29-56-35/h10,25,29-30,32-34,36-43,58-63H,5-9,11-24,26-28,54H2,1-4H3,(H,55,56)(H,57,64)(H,65,66)/t30-,32+,33-,34+,36-,37-,38+,39-,40+,41-,42-,43+,46+,47+,48+,49+,51+,52-,53+/m1/s1. The summed E-state index contributed by atoms with van der Waals surface area (Å²) in [5.74, 6) is -1.88. The summed E-state index contributed by atoms with van der Waals surface area (Å²) in [5, 5.41) is 83.9. The minimum Gasteiger partial charge on any atom is -0.481 e. The van der Waals surface area contributed by atoms with Gasteiger partial charge in [-0.2, -0.15) is 0 Å². The summed E-state index contributed by atoms with van der Waals surface area (Å²) in [7, 11) is 0. The second-order valence-electron chi connectivity index (χ2n) is 25.1. The monoisotopic (exact) mass is 951 g/mol. The average molecular weight is 951 g/mol. The van der Waals surface area contributed by atoms with Crippen LogP contribution in [0, 0.1) is 67.0 Å². The average Bonchev–Trinajstić information content (AvgIpc) is 4.09. The molecular weight excluding hydrogens is 869 g/mol. The molecule has 2 aliphatic heterocycles. The fourth-order valence-corrected chi connectivity index (χ4v) is 19.3. The Hall–Kier alpha value is -2.47. The molecule has 11 N–H and O–H groups in total. The van der Waals surface area contributed by atoms with Crippen molar-refractivity contribution in [3.05, 3.63) is 29.9 Å². The van der Waals surface area contributed by atoms with E-state index in [1.54, 1.807) is 6.33 Å². The Balaban J connectivity index is 1.15. The predicted molar refractivity (Wildman–Crippen MR) is 250 cm³/mol. The third kappa shape index (κ3) is 6.43. The number of carboxylic acids is 1. The van der Waals surface area contributed by atoms with Gasteiger partial charge in [0.05, 0.1) is 42.6 Å². The smallest absolute Gasteiger partial charge is 0.310 e. The molecule has 1 amide bonds. The van der Waals surface area contributed by atoms with E-state index in [-0.39, 0.29) is 71.7 Å². The maximum atomic E-state index is 14.9. The van der Waals surface area contributed by atoms with E-state index in [9.17, 15) is 45.3 Å². The number of nitrogens with two attached hydrogens (primary N) is 1. The van der Waals surface area contributed by atoms with Crippen molar-refractivity contribution in [3.8, 4) is 0 Å². The molecule has 1 aromatic rings. The fraction of sp³-hybridized carbons (Fsp3) is 0.868. The molecule has 0 aromatic carbocycles. The molecule has 10 rings (SSSR count). The number of hydrogen-bond acceptors (Lipinski definition) is 12. The summed E-state index contributed by atoms with van der Waals surface area (Å²) in [6, 6.07) is -0.287. The van der Waals surface area contributed by atoms with Crippen LogP contribution in [0.1, 0.15) is 155 Å². The third-order valence-electron chi connectivity index (χ3n) is 22.9. The van der Waals surface area contributed by atoms with Gasteiger partial charge in [0.25, 0.3) is 0 Å². The molecular formula is C53H82N4O11. The summed E-state index contributed by atoms with van der Waals surface area (Å²) in [6.45, 7) is 8.92. The van der Waals surface area contributed by atoms with Crippen molar-refractivity contribution in [2.45, 2.75) is 192 Å². The minimum atomic E-state index is -1.61. The SMILES string of the molecule is C[C@]1(CO)CC[C@]2(C(=O)O)CC[C@]34CCC[C@@]5(CC=C3[C@@H]2C1)[C@@]1(C)[C@H](C[C@H]2[C@H]([C@H](CCCN)c3cnc[nH]3)NC(=O)C23CCCC3)[C@@H](O)[C@@H](O[C@@H]2OC[C@@H](O)[C@H](O)[C@H]2O)[C@@](C)(CO)[C@H]1CC[C@@]45C. The Bertz CT molecular complexity index is 2100. The van der Waals surface area contributed by atoms with Crippen LogP contribution in [-0.2, 0) is 19.1 Å². The first-order valence-electron chi connectivity index (χ1n) is 26.5. The van der Waals surface area contributed by atoms with E-state index >= 15 is 0 Å². The Kier molecular flexibility index (Phi) is 12.3. The lowest BCUT2D eigenvalue weighted by molar-refractivity contribution is -0.359. The number of rotatable bonds is 12. The number of carbonyl (C=O) groups is 2. The van der Waals surface area contributed by atoms with Crippen LogP contribution in [0.15, 0.2) is 24.2 Å². The van der Waals surface area contributed by atoms with Crippen LogP contribution in [0.25, 0.3) is 0 Å². The van der Waals surface area contributed by atoms with Gasteiger partial charge in [-0.15, -0.1) is 0 Å². The van der Waals surface area contributed by atoms with Crippen molar-refractivity contribution >= 4 is 11.9 Å². The van der Waals surface area contributed by atoms with Crippen molar-refractivity contribution in [1.82, 2.24) is 15.3 Å². The summed E-state index contributed by atoms with van der Waals surface area (Å²) < 4.78 is 12.7. The van der Waals surface area contributed by atoms with Gasteiger partial charge in [0.2, 0.25) is 5.91 Å². The summed E-state index contributed by atoms with van der Waals surface area (Å²) in [5.41, 5.74) is 3.68. The molecule has 7 aliphatic carbocycles. The molecule has 0 radical (unpaired) electrons. The first kappa shape index (κ1) is 49.1. The van der Waals surface area contributed by atoms with Gasteiger partial charge in [-0.05, 0) is 154 Å². The zero-order valence-electron chi connectivity index (χ0n) is 41.0. The molecule has 15 nitrogen and oxygen atoms in total. The number of aromatic nitrogens is 2. The lowest BCUT2D eigenvalue weighted by atomic mass is 9.24. The van der Waals surface area contributed by atoms with Gasteiger partial charge < -0.3 is 61.3 Å². The molecule has 2 spiro atoms. The Morgan fingerprint density at radius 1 is 0.926 bits per heavy atom. The largest absolute Gasteiger partial charge is 0.481 e. The quantitative estimate of drug-likeness (QED) is 0.101. The van der Waals surface area contributed by atoms with Crippen molar-refractivity contribution in [2.24, 2.45) is 72.7 Å². The van der Waals surface area contributed by atoms with E-state index in [0.717, 1.165) is 76.3 Å². The van der Waals surface area contributed by atoms with Crippen molar-refractivity contribution in [3.63, 3.8) is 0 Å². The molecule has 2 saturated heterocycles. The number of amides is 1. The van der Waals surface area contributed by atoms with Crippen molar-refractivity contribution in [1.29, 1.82) is 0 Å². The van der Waals surface area contributed by atoms with Crippen LogP contribution in [-0.4, -0.2) is 127 Å². The molecule has 8 fully saturated rings. The summed E-state index contributed by atoms with van der Waals surface area (Å²) in [6.07, 6.45) is 11.3. The summed E-state index contributed by atoms with van der Waals surface area (Å²) in [4.78, 5) is 36.3. The predicted octanol–water partition coefficient (Wildman–Crippen LogP) is 4.68. The number of carboxylic acid groups (broad SMARTS) is 1. The van der Waals surface area contributed by atoms with E-state index in [1.165, 1.54) is 5.57 Å². The van der Waals surface area contributed by atoms with Crippen LogP contribution < -0.4 is 11.1 Å². The lowest BCUT2D eigenvalue weighted by Gasteiger charge is -2.80. The van der Waals surface area contributed by atoms with Gasteiger partial charge in [0.1, 0.15) is 18.3 Å². The van der Waals surface area contributed by atoms with E-state index < -0.39 is 75.8 Å². The molecule has 9 aliphatic rings. The van der Waals surface area contributed by atoms with E-state index in [4.69, 9.17) is 15.2 Å². The number of imidazole rings is 1. The number of nitrogens with one attached hydrogen (secondary N) is 2. The van der Waals surface area contributed by atoms with Crippen molar-refractivity contribution < 1.29 is 54.8 Å². The number of fused-ring (bicyclic) bond motifs is 3. The van der Waals surface area contributed by atoms with Gasteiger partial charge in [-0.3, -0.25) is 9.59 Å². The van der Waals surface area contributed by atoms with E-state index in [2.05, 4.69) is 42.1 Å². The number of carbonyl (C=O) groups excluding carboxylic acids is 1. The first-order chi connectivity index (χ1) is 32.3. The normalized spacial score (nSPS) is 49.8. The van der Waals surface area contributed by atoms with Crippen LogP contribution in [0.5, 0.6) is 0 Å². The topological polar surface area (TPSA) is 261 Å². The Morgan fingerprint density at radius 3 is 2.35 bits per heavy atom. The molecule has 68 heavy (non-hydrogen) atoms. The number of aliphatic carboxylic acids is 1. The van der Waals surface area contributed by atoms with Gasteiger partial charge in [-0.25, -0.2) is 4.98 Å². The maximum absolute atomic E-state index is 14.9. The number of hydrogen-bond donors (Lipinski definition) is 10. The van der Waals surface area contributed by atoms with Crippen LogP contribution in [0.3, 0.4) is 0 Å². The van der Waals surface area contributed by atoms with Gasteiger partial charge in [0, 0.05) is 35.9 Å². The highest BCUT2D eigenvalue weighted by Crippen LogP contribution is 2.85. The van der Waals surface area contributed by atoms with Gasteiger partial charge in [-0.1, -0.05) is 58.6 Å². The zero-order valence-corrected chi connectivity index (χ0v) is 41.0. The lowest BCUT2D eigenvalue weighted by Crippen LogP contribution is -2.77. The van der Waals surface area contributed by atoms with E-state index in [1.807, 2.05) is 13.1 Å². The summed E-state index contributed by atoms with van der Waals surface area (Å²) >= 11 is 0. The Morgan fingerprint density at radius 2 is 1.68 bits per heavy atom. The molecule has 1 aromatic heterocycles. The number of aromatic amines is 1. The number of aliphatic hydroxyl groups excluding tert-OH is 6. The molecule has 0 unspecified atom stereocenters. The highest BCUT2D eigenvalue weighted by Gasteiger charge is 2.80. The molecule has 15 heteroatoms. The first-order valence-corrected chi connectivity index (χ1v) is 26.5. The molecule has 2 bridgehead atoms. The highest BCUT2D eigenvalue weighted by atomic mass is 16.7. The Labute approximate surface area is 401 Å². The van der Waals surface area contributed by atoms with Gasteiger partial charge >= 0.3 is 5.97 Å². The second-order valence-corrected chi connectivity index (χ2v) is 25.1. The molecule has 380 valence electrons. The highest BCUT2D eigenvalue weighted by molar-refractivity contribution is 5.86. The fourth-order valence-electron chi connectivity index (χ4n) is 19.3. The van der Waals surface area contributed by atoms with Crippen LogP contribution in [0.2, 0.25) is 0 Å². The molecule has 19 atom stereocenters. The number of nitrogens with zero attached hydrogens (tertiary/aromatic N) is 1. The third-order valence-corrected chi connectivity index (χ3v) is 22.9.